The van der Waals surface area contributed by atoms with Gasteiger partial charge in [0.1, 0.15) is 18.5 Å². The van der Waals surface area contributed by atoms with E-state index in [0.717, 1.165) is 60.6 Å². The summed E-state index contributed by atoms with van der Waals surface area (Å²) in [6, 6.07) is 12.3. The smallest absolute Gasteiger partial charge is 0.248 e. The van der Waals surface area contributed by atoms with Gasteiger partial charge in [0.25, 0.3) is 0 Å². The summed E-state index contributed by atoms with van der Waals surface area (Å²) in [5, 5.41) is 0.793. The standard InChI is InChI=1S/C31H34ClN3O3/c1-34(2)30(36)21-37-28-8-3-9-29-27(28)20-24(26-7-4-16-33-31(26)38-29)6-5-17-35-18-14-23(15-19-35)22-10-12-25(32)13-11-22/h3-4,6-13,16,20,23,28H,5,14-15,17-19,21H2,1-2H3. The molecule has 2 aromatic rings. The van der Waals surface area contributed by atoms with E-state index in [2.05, 4.69) is 34.2 Å². The highest BCUT2D eigenvalue weighted by molar-refractivity contribution is 6.30. The Bertz CT molecular complexity index is 1270. The van der Waals surface area contributed by atoms with Crippen LogP contribution in [-0.2, 0) is 9.53 Å². The fourth-order valence-corrected chi connectivity index (χ4v) is 5.23. The molecule has 3 aliphatic rings. The van der Waals surface area contributed by atoms with Gasteiger partial charge in [0.05, 0.1) is 0 Å². The molecule has 1 fully saturated rings. The van der Waals surface area contributed by atoms with Crippen LogP contribution in [0.25, 0.3) is 5.57 Å². The molecule has 1 aromatic carbocycles. The van der Waals surface area contributed by atoms with Gasteiger partial charge >= 0.3 is 0 Å². The number of benzene rings is 1. The van der Waals surface area contributed by atoms with Crippen molar-refractivity contribution in [3.8, 4) is 5.88 Å². The lowest BCUT2D eigenvalue weighted by atomic mass is 9.89. The average molecular weight is 532 g/mol. The maximum Gasteiger partial charge on any atom is 0.248 e. The van der Waals surface area contributed by atoms with Crippen LogP contribution in [0.1, 0.15) is 36.3 Å². The number of halogens is 1. The Balaban J connectivity index is 1.28. The van der Waals surface area contributed by atoms with Crippen LogP contribution in [0.5, 0.6) is 5.88 Å². The Morgan fingerprint density at radius 3 is 2.76 bits per heavy atom. The zero-order valence-electron chi connectivity index (χ0n) is 22.0. The molecule has 2 aliphatic heterocycles. The molecule has 6 nitrogen and oxygen atoms in total. The first kappa shape index (κ1) is 26.4. The molecule has 1 amide bonds. The highest BCUT2D eigenvalue weighted by Gasteiger charge is 2.27. The van der Waals surface area contributed by atoms with Crippen molar-refractivity contribution in [1.82, 2.24) is 14.8 Å². The van der Waals surface area contributed by atoms with E-state index in [0.29, 0.717) is 17.6 Å². The van der Waals surface area contributed by atoms with Gasteiger partial charge < -0.3 is 19.3 Å². The molecule has 3 heterocycles. The summed E-state index contributed by atoms with van der Waals surface area (Å²) in [7, 11) is 3.45. The predicted molar refractivity (Wildman–Crippen MR) is 151 cm³/mol. The van der Waals surface area contributed by atoms with Crippen LogP contribution in [0.3, 0.4) is 0 Å². The van der Waals surface area contributed by atoms with Gasteiger partial charge in [0, 0.05) is 43.0 Å². The number of likely N-dealkylation sites (N-methyl/N-ethyl adjacent to an activating group) is 1. The number of piperidine rings is 1. The minimum absolute atomic E-state index is 0.00282. The second-order valence-corrected chi connectivity index (χ2v) is 10.5. The van der Waals surface area contributed by atoms with Crippen LogP contribution in [-0.4, -0.2) is 67.1 Å². The third kappa shape index (κ3) is 6.26. The molecule has 0 radical (unpaired) electrons. The fourth-order valence-electron chi connectivity index (χ4n) is 5.10. The maximum atomic E-state index is 12.1. The van der Waals surface area contributed by atoms with Crippen molar-refractivity contribution in [2.75, 3.05) is 40.3 Å². The molecule has 198 valence electrons. The summed E-state index contributed by atoms with van der Waals surface area (Å²) in [5.41, 5.74) is 4.30. The van der Waals surface area contributed by atoms with Gasteiger partial charge in [-0.2, -0.15) is 0 Å². The third-order valence-corrected chi connectivity index (χ3v) is 7.60. The van der Waals surface area contributed by atoms with E-state index >= 15 is 0 Å². The van der Waals surface area contributed by atoms with E-state index in [4.69, 9.17) is 21.1 Å². The molecule has 7 heteroatoms. The van der Waals surface area contributed by atoms with E-state index in [-0.39, 0.29) is 18.6 Å². The zero-order chi connectivity index (χ0) is 26.5. The quantitative estimate of drug-likeness (QED) is 0.463. The number of pyridine rings is 1. The predicted octanol–water partition coefficient (Wildman–Crippen LogP) is 5.63. The molecule has 1 saturated heterocycles. The minimum atomic E-state index is -0.372. The van der Waals surface area contributed by atoms with Crippen LogP contribution in [0.15, 0.2) is 84.3 Å². The fraction of sp³-hybridized carbons (Fsp3) is 0.355. The lowest BCUT2D eigenvalue weighted by Gasteiger charge is -2.32. The Hall–Kier alpha value is -3.19. The molecule has 1 unspecified atom stereocenters. The molecule has 1 aliphatic carbocycles. The largest absolute Gasteiger partial charge is 0.438 e. The van der Waals surface area contributed by atoms with Crippen LogP contribution >= 0.6 is 11.6 Å². The first-order valence-corrected chi connectivity index (χ1v) is 13.6. The Kier molecular flexibility index (Phi) is 8.42. The number of amides is 1. The van der Waals surface area contributed by atoms with Gasteiger partial charge in [0.15, 0.2) is 0 Å². The molecular formula is C31H34ClN3O3. The molecular weight excluding hydrogens is 498 g/mol. The first-order valence-electron chi connectivity index (χ1n) is 13.2. The third-order valence-electron chi connectivity index (χ3n) is 7.35. The maximum absolute atomic E-state index is 12.1. The normalized spacial score (nSPS) is 20.6. The highest BCUT2D eigenvalue weighted by Crippen LogP contribution is 2.37. The van der Waals surface area contributed by atoms with Crippen molar-refractivity contribution in [3.05, 3.63) is 100 Å². The number of ether oxygens (including phenoxy) is 2. The van der Waals surface area contributed by atoms with Crippen LogP contribution in [0.4, 0.5) is 0 Å². The van der Waals surface area contributed by atoms with Crippen LogP contribution < -0.4 is 4.74 Å². The van der Waals surface area contributed by atoms with Gasteiger partial charge in [-0.1, -0.05) is 42.0 Å². The summed E-state index contributed by atoms with van der Waals surface area (Å²) in [6.45, 7) is 3.18. The van der Waals surface area contributed by atoms with E-state index in [9.17, 15) is 4.79 Å². The number of hydrogen-bond donors (Lipinski definition) is 0. The molecule has 0 saturated carbocycles. The Labute approximate surface area is 229 Å². The monoisotopic (exact) mass is 531 g/mol. The Morgan fingerprint density at radius 1 is 1.21 bits per heavy atom. The summed E-state index contributed by atoms with van der Waals surface area (Å²) in [5.74, 6) is 1.80. The lowest BCUT2D eigenvalue weighted by Crippen LogP contribution is -2.33. The highest BCUT2D eigenvalue weighted by atomic mass is 35.5. The van der Waals surface area contributed by atoms with Gasteiger partial charge in [-0.15, -0.1) is 0 Å². The average Bonchev–Trinajstić information content (AvgIpc) is 3.09. The lowest BCUT2D eigenvalue weighted by molar-refractivity contribution is -0.134. The molecule has 38 heavy (non-hydrogen) atoms. The summed E-state index contributed by atoms with van der Waals surface area (Å²) < 4.78 is 12.2. The number of likely N-dealkylation sites (tertiary alicyclic amines) is 1. The van der Waals surface area contributed by atoms with Crippen molar-refractivity contribution >= 4 is 23.1 Å². The van der Waals surface area contributed by atoms with Gasteiger partial charge in [-0.05, 0) is 85.8 Å². The van der Waals surface area contributed by atoms with E-state index < -0.39 is 0 Å². The molecule has 0 spiro atoms. The summed E-state index contributed by atoms with van der Waals surface area (Å²) in [6.07, 6.45) is 14.8. The number of allylic oxidation sites excluding steroid dienone is 4. The Morgan fingerprint density at radius 2 is 2.00 bits per heavy atom. The molecule has 0 N–H and O–H groups in total. The zero-order valence-corrected chi connectivity index (χ0v) is 22.7. The molecule has 0 bridgehead atoms. The number of nitrogens with zero attached hydrogens (tertiary/aromatic N) is 3. The van der Waals surface area contributed by atoms with Crippen molar-refractivity contribution in [3.63, 3.8) is 0 Å². The number of hydrogen-bond acceptors (Lipinski definition) is 5. The summed E-state index contributed by atoms with van der Waals surface area (Å²) >= 11 is 6.06. The minimum Gasteiger partial charge on any atom is -0.438 e. The first-order chi connectivity index (χ1) is 18.5. The number of carbonyl (C=O) groups is 1. The number of aromatic nitrogens is 1. The van der Waals surface area contributed by atoms with Crippen molar-refractivity contribution in [1.29, 1.82) is 0 Å². The van der Waals surface area contributed by atoms with Crippen molar-refractivity contribution in [2.45, 2.75) is 31.3 Å². The second kappa shape index (κ2) is 12.1. The molecule has 1 aromatic heterocycles. The topological polar surface area (TPSA) is 54.9 Å². The van der Waals surface area contributed by atoms with E-state index in [1.54, 1.807) is 20.3 Å². The van der Waals surface area contributed by atoms with Gasteiger partial charge in [-0.25, -0.2) is 4.98 Å². The SMILES string of the molecule is CN(C)C(=O)COC1C=CC=C2Oc3ncccc3C(=CCCN3CCC(c4ccc(Cl)cc4)CC3)C=C21. The van der Waals surface area contributed by atoms with Crippen LogP contribution in [0.2, 0.25) is 5.02 Å². The summed E-state index contributed by atoms with van der Waals surface area (Å²) in [4.78, 5) is 20.7. The number of carbonyl (C=O) groups excluding carboxylic acids is 1. The van der Waals surface area contributed by atoms with E-state index in [1.165, 1.54) is 10.5 Å². The van der Waals surface area contributed by atoms with E-state index in [1.807, 2.05) is 42.5 Å². The molecule has 1 atom stereocenters. The van der Waals surface area contributed by atoms with Crippen molar-refractivity contribution < 1.29 is 14.3 Å². The number of fused-ring (bicyclic) bond motifs is 2. The number of rotatable bonds is 7. The van der Waals surface area contributed by atoms with Crippen molar-refractivity contribution in [2.24, 2.45) is 0 Å². The van der Waals surface area contributed by atoms with Gasteiger partial charge in [0.2, 0.25) is 11.8 Å². The second-order valence-electron chi connectivity index (χ2n) is 10.1. The van der Waals surface area contributed by atoms with Crippen LogP contribution in [0, 0.1) is 0 Å². The van der Waals surface area contributed by atoms with Gasteiger partial charge in [-0.3, -0.25) is 4.79 Å². The molecule has 5 rings (SSSR count).